The van der Waals surface area contributed by atoms with Gasteiger partial charge in [-0.1, -0.05) is 53.6 Å². The second kappa shape index (κ2) is 6.25. The van der Waals surface area contributed by atoms with Crippen LogP contribution in [0.15, 0.2) is 53.6 Å². The maximum absolute atomic E-state index is 6.03. The Hall–Kier alpha value is -2.24. The molecule has 0 aliphatic rings. The van der Waals surface area contributed by atoms with Gasteiger partial charge in [-0.25, -0.2) is 5.10 Å². The van der Waals surface area contributed by atoms with Crippen LogP contribution in [-0.2, 0) is 0 Å². The lowest BCUT2D eigenvalue weighted by Crippen LogP contribution is -1.95. The van der Waals surface area contributed by atoms with E-state index in [4.69, 9.17) is 23.8 Å². The number of aryl methyl sites for hydroxylation is 1. The summed E-state index contributed by atoms with van der Waals surface area (Å²) in [5.74, 6) is 0.621. The fraction of sp³-hybridized carbons (Fsp3) is 0.0625. The zero-order valence-corrected chi connectivity index (χ0v) is 13.4. The van der Waals surface area contributed by atoms with E-state index >= 15 is 0 Å². The van der Waals surface area contributed by atoms with Crippen LogP contribution in [0.3, 0.4) is 0 Å². The largest absolute Gasteiger partial charge is 0.250 e. The second-order valence-corrected chi connectivity index (χ2v) is 5.65. The van der Waals surface area contributed by atoms with Crippen molar-refractivity contribution in [1.82, 2.24) is 14.9 Å². The van der Waals surface area contributed by atoms with Crippen LogP contribution in [0.4, 0.5) is 0 Å². The molecule has 22 heavy (non-hydrogen) atoms. The molecule has 3 aromatic rings. The Kier molecular flexibility index (Phi) is 4.18. The maximum atomic E-state index is 6.03. The van der Waals surface area contributed by atoms with Crippen molar-refractivity contribution in [3.05, 3.63) is 69.5 Å². The van der Waals surface area contributed by atoms with E-state index in [2.05, 4.69) is 15.3 Å². The standard InChI is InChI=1S/C16H13ClN4S/c1-11-5-7-12(8-6-11)10-18-21-15(19-20-16(21)22)13-3-2-4-14(17)9-13/h2-10H,1H3,(H,20,22). The summed E-state index contributed by atoms with van der Waals surface area (Å²) in [5.41, 5.74) is 3.04. The summed E-state index contributed by atoms with van der Waals surface area (Å²) in [7, 11) is 0. The minimum atomic E-state index is 0.429. The third-order valence-electron chi connectivity index (χ3n) is 3.13. The molecule has 1 heterocycles. The average molecular weight is 329 g/mol. The number of nitrogens with one attached hydrogen (secondary N) is 1. The van der Waals surface area contributed by atoms with Gasteiger partial charge in [0.15, 0.2) is 5.82 Å². The average Bonchev–Trinajstić information content (AvgIpc) is 2.88. The van der Waals surface area contributed by atoms with Crippen LogP contribution in [0.2, 0.25) is 5.02 Å². The van der Waals surface area contributed by atoms with Gasteiger partial charge in [-0.15, -0.1) is 0 Å². The normalized spacial score (nSPS) is 11.2. The molecule has 110 valence electrons. The molecule has 0 radical (unpaired) electrons. The molecule has 0 unspecified atom stereocenters. The van der Waals surface area contributed by atoms with Crippen LogP contribution >= 0.6 is 23.8 Å². The molecule has 0 saturated heterocycles. The fourth-order valence-corrected chi connectivity index (χ4v) is 2.36. The smallest absolute Gasteiger partial charge is 0.216 e. The summed E-state index contributed by atoms with van der Waals surface area (Å²) in [5, 5.41) is 12.0. The van der Waals surface area contributed by atoms with Crippen molar-refractivity contribution in [2.24, 2.45) is 5.10 Å². The van der Waals surface area contributed by atoms with Gasteiger partial charge in [0, 0.05) is 10.6 Å². The number of H-pyrrole nitrogens is 1. The number of halogens is 1. The van der Waals surface area contributed by atoms with Gasteiger partial charge < -0.3 is 0 Å². The van der Waals surface area contributed by atoms with Crippen molar-refractivity contribution in [3.8, 4) is 11.4 Å². The maximum Gasteiger partial charge on any atom is 0.216 e. The summed E-state index contributed by atoms with van der Waals surface area (Å²) in [6, 6.07) is 15.5. The van der Waals surface area contributed by atoms with Crippen LogP contribution in [0.5, 0.6) is 0 Å². The van der Waals surface area contributed by atoms with Gasteiger partial charge in [0.25, 0.3) is 0 Å². The van der Waals surface area contributed by atoms with Gasteiger partial charge in [0.05, 0.1) is 6.21 Å². The van der Waals surface area contributed by atoms with Gasteiger partial charge in [-0.2, -0.15) is 14.9 Å². The van der Waals surface area contributed by atoms with E-state index in [1.807, 2.05) is 55.5 Å². The summed E-state index contributed by atoms with van der Waals surface area (Å²) < 4.78 is 2.01. The molecule has 0 fully saturated rings. The summed E-state index contributed by atoms with van der Waals surface area (Å²) in [6.45, 7) is 2.05. The molecule has 0 atom stereocenters. The Labute approximate surface area is 138 Å². The molecule has 0 spiro atoms. The van der Waals surface area contributed by atoms with Crippen LogP contribution in [0, 0.1) is 11.7 Å². The zero-order chi connectivity index (χ0) is 15.5. The number of hydrogen-bond donors (Lipinski definition) is 1. The van der Waals surface area contributed by atoms with Crippen molar-refractivity contribution in [1.29, 1.82) is 0 Å². The highest BCUT2D eigenvalue weighted by Gasteiger charge is 2.08. The molecule has 4 nitrogen and oxygen atoms in total. The molecule has 0 aliphatic carbocycles. The Morgan fingerprint density at radius 1 is 1.23 bits per heavy atom. The van der Waals surface area contributed by atoms with Crippen LogP contribution in [0.1, 0.15) is 11.1 Å². The SMILES string of the molecule is Cc1ccc(C=Nn2c(-c3cccc(Cl)c3)n[nH]c2=S)cc1. The van der Waals surface area contributed by atoms with Gasteiger partial charge >= 0.3 is 0 Å². The Bertz CT molecular complexity index is 878. The van der Waals surface area contributed by atoms with Crippen molar-refractivity contribution in [3.63, 3.8) is 0 Å². The van der Waals surface area contributed by atoms with Gasteiger partial charge in [0.1, 0.15) is 0 Å². The number of aromatic amines is 1. The van der Waals surface area contributed by atoms with Gasteiger partial charge in [-0.05, 0) is 36.8 Å². The number of rotatable bonds is 3. The zero-order valence-electron chi connectivity index (χ0n) is 11.8. The molecule has 2 aromatic carbocycles. The molecule has 0 saturated carbocycles. The predicted molar refractivity (Wildman–Crippen MR) is 92.0 cm³/mol. The molecule has 0 bridgehead atoms. The molecule has 0 aliphatic heterocycles. The minimum Gasteiger partial charge on any atom is -0.250 e. The van der Waals surface area contributed by atoms with E-state index in [0.29, 0.717) is 15.6 Å². The third-order valence-corrected chi connectivity index (χ3v) is 3.63. The molecule has 1 aromatic heterocycles. The predicted octanol–water partition coefficient (Wildman–Crippen LogP) is 4.45. The Morgan fingerprint density at radius 2 is 2.00 bits per heavy atom. The number of benzene rings is 2. The molecular formula is C16H13ClN4S. The van der Waals surface area contributed by atoms with E-state index in [1.165, 1.54) is 5.56 Å². The van der Waals surface area contributed by atoms with Crippen LogP contribution < -0.4 is 0 Å². The van der Waals surface area contributed by atoms with E-state index in [9.17, 15) is 0 Å². The van der Waals surface area contributed by atoms with E-state index in [1.54, 1.807) is 10.9 Å². The van der Waals surface area contributed by atoms with Gasteiger partial charge in [-0.3, -0.25) is 0 Å². The van der Waals surface area contributed by atoms with Crippen molar-refractivity contribution in [2.75, 3.05) is 0 Å². The quantitative estimate of drug-likeness (QED) is 0.570. The molecule has 3 rings (SSSR count). The van der Waals surface area contributed by atoms with Crippen molar-refractivity contribution >= 4 is 30.0 Å². The van der Waals surface area contributed by atoms with Crippen LogP contribution in [0.25, 0.3) is 11.4 Å². The first kappa shape index (κ1) is 14.7. The summed E-state index contributed by atoms with van der Waals surface area (Å²) >= 11 is 11.3. The highest BCUT2D eigenvalue weighted by Crippen LogP contribution is 2.21. The van der Waals surface area contributed by atoms with E-state index in [-0.39, 0.29) is 0 Å². The molecular weight excluding hydrogens is 316 g/mol. The highest BCUT2D eigenvalue weighted by molar-refractivity contribution is 7.71. The van der Waals surface area contributed by atoms with E-state index in [0.717, 1.165) is 11.1 Å². The van der Waals surface area contributed by atoms with E-state index < -0.39 is 0 Å². The van der Waals surface area contributed by atoms with Gasteiger partial charge in [0.2, 0.25) is 4.77 Å². The lowest BCUT2D eigenvalue weighted by atomic mass is 10.2. The topological polar surface area (TPSA) is 46.0 Å². The highest BCUT2D eigenvalue weighted by atomic mass is 35.5. The number of nitrogens with zero attached hydrogens (tertiary/aromatic N) is 3. The van der Waals surface area contributed by atoms with Crippen molar-refractivity contribution < 1.29 is 0 Å². The summed E-state index contributed by atoms with van der Waals surface area (Å²) in [4.78, 5) is 0. The monoisotopic (exact) mass is 328 g/mol. The second-order valence-electron chi connectivity index (χ2n) is 4.83. The molecule has 0 amide bonds. The van der Waals surface area contributed by atoms with Crippen molar-refractivity contribution in [2.45, 2.75) is 6.92 Å². The lowest BCUT2D eigenvalue weighted by Gasteiger charge is -2.01. The number of aromatic nitrogens is 3. The molecule has 1 N–H and O–H groups in total. The Morgan fingerprint density at radius 3 is 2.73 bits per heavy atom. The Balaban J connectivity index is 1.99. The minimum absolute atomic E-state index is 0.429. The first-order valence-corrected chi connectivity index (χ1v) is 7.46. The molecule has 6 heteroatoms. The lowest BCUT2D eigenvalue weighted by molar-refractivity contribution is 0.871. The third kappa shape index (κ3) is 3.16. The fourth-order valence-electron chi connectivity index (χ4n) is 1.99. The van der Waals surface area contributed by atoms with Crippen LogP contribution in [-0.4, -0.2) is 21.1 Å². The first-order valence-electron chi connectivity index (χ1n) is 6.68. The first-order chi connectivity index (χ1) is 10.6. The summed E-state index contributed by atoms with van der Waals surface area (Å²) in [6.07, 6.45) is 1.75. The number of hydrogen-bond acceptors (Lipinski definition) is 3.